The Bertz CT molecular complexity index is 1440. The van der Waals surface area contributed by atoms with E-state index in [0.29, 0.717) is 30.9 Å². The maximum atomic E-state index is 13.6. The number of ether oxygens (including phenoxy) is 1. The van der Waals surface area contributed by atoms with Gasteiger partial charge in [0.15, 0.2) is 5.60 Å². The topological polar surface area (TPSA) is 70.4 Å². The second kappa shape index (κ2) is 22.3. The highest BCUT2D eigenvalue weighted by atomic mass is 16.5. The zero-order valence-electron chi connectivity index (χ0n) is 36.3. The van der Waals surface area contributed by atoms with Crippen LogP contribution in [0, 0.1) is 58.7 Å². The Balaban J connectivity index is 1.27. The van der Waals surface area contributed by atoms with E-state index >= 15 is 0 Å². The number of hydrogen-bond donors (Lipinski definition) is 0. The smallest absolute Gasteiger partial charge is 0.214 e. The van der Waals surface area contributed by atoms with Crippen molar-refractivity contribution in [1.29, 1.82) is 5.26 Å². The van der Waals surface area contributed by atoms with E-state index in [1.54, 1.807) is 0 Å². The summed E-state index contributed by atoms with van der Waals surface area (Å²) in [6.07, 6.45) is 34.1. The fourth-order valence-electron chi connectivity index (χ4n) is 10.4. The highest BCUT2D eigenvalue weighted by Gasteiger charge is 2.55. The highest BCUT2D eigenvalue weighted by Crippen LogP contribution is 2.46. The Labute approximate surface area is 337 Å². The first-order chi connectivity index (χ1) is 26.4. The summed E-state index contributed by atoms with van der Waals surface area (Å²) < 4.78 is 6.11. The molecule has 0 aromatic heterocycles. The Hall–Kier alpha value is -2.71. The van der Waals surface area contributed by atoms with Gasteiger partial charge in [0.25, 0.3) is 0 Å². The predicted octanol–water partition coefficient (Wildman–Crippen LogP) is 12.7. The summed E-state index contributed by atoms with van der Waals surface area (Å²) >= 11 is 0. The molecular formula is C50H78N2O3. The molecule has 2 aliphatic heterocycles. The van der Waals surface area contributed by atoms with Crippen molar-refractivity contribution in [3.63, 3.8) is 0 Å². The Morgan fingerprint density at radius 2 is 1.84 bits per heavy atom. The summed E-state index contributed by atoms with van der Waals surface area (Å²) in [4.78, 5) is 29.1. The van der Waals surface area contributed by atoms with Crippen LogP contribution in [0.5, 0.6) is 0 Å². The van der Waals surface area contributed by atoms with Crippen LogP contribution >= 0.6 is 0 Å². The van der Waals surface area contributed by atoms with Crippen LogP contribution in [0.1, 0.15) is 165 Å². The first-order valence-electron chi connectivity index (χ1n) is 22.7. The van der Waals surface area contributed by atoms with Crippen LogP contribution in [-0.4, -0.2) is 41.3 Å². The maximum absolute atomic E-state index is 13.6. The van der Waals surface area contributed by atoms with Gasteiger partial charge in [-0.3, -0.25) is 9.59 Å². The van der Waals surface area contributed by atoms with Crippen LogP contribution in [0.4, 0.5) is 0 Å². The second-order valence-electron chi connectivity index (χ2n) is 18.7. The minimum atomic E-state index is -0.657. The van der Waals surface area contributed by atoms with Gasteiger partial charge in [0.2, 0.25) is 5.78 Å². The number of nitrogens with zero attached hydrogens (tertiary/aromatic N) is 2. The van der Waals surface area contributed by atoms with E-state index in [1.165, 1.54) is 63.4 Å². The molecule has 1 spiro atoms. The van der Waals surface area contributed by atoms with Crippen molar-refractivity contribution in [2.24, 2.45) is 47.3 Å². The van der Waals surface area contributed by atoms with Crippen LogP contribution < -0.4 is 0 Å². The van der Waals surface area contributed by atoms with E-state index in [0.717, 1.165) is 80.5 Å². The molecule has 0 aromatic carbocycles. The first-order valence-corrected chi connectivity index (χ1v) is 22.7. The van der Waals surface area contributed by atoms with Crippen LogP contribution in [0.25, 0.3) is 0 Å². The van der Waals surface area contributed by atoms with Crippen molar-refractivity contribution >= 4 is 11.6 Å². The standard InChI is InChI=1S/C50H78N2O3/c1-9-18-36(2)19-13-11-10-12-14-22-39(5)48(53)33-46(35-51)40(6)29-37(3)21-16-25-44(32-43-24-15-20-38(4)30-43)45-26-27-52(42(8)31-45)47-34-50(49(47)54)41(7)23-17-28-55-50/h10-13,19,29,34,37-39,41-46H,9,14-18,20-28,30-33H2,1-8H3/b12-10+,13-11+,36-19+,40-29+/t37-,38?,39?,41?,42?,43-,44-,45?,46?,50?/m0/s1. The molecule has 0 radical (unpaired) electrons. The predicted molar refractivity (Wildman–Crippen MR) is 229 cm³/mol. The van der Waals surface area contributed by atoms with Crippen molar-refractivity contribution in [3.05, 3.63) is 59.4 Å². The average Bonchev–Trinajstić information content (AvgIpc) is 3.15. The normalized spacial score (nSPS) is 30.2. The third-order valence-electron chi connectivity index (χ3n) is 14.0. The van der Waals surface area contributed by atoms with Gasteiger partial charge in [-0.05, 0) is 127 Å². The van der Waals surface area contributed by atoms with Gasteiger partial charge >= 0.3 is 0 Å². The molecule has 0 aromatic rings. The van der Waals surface area contributed by atoms with E-state index < -0.39 is 5.60 Å². The number of Topliss-reactive ketones (excluding diaryl/α,β-unsaturated/α-hetero) is 2. The van der Waals surface area contributed by atoms with Crippen LogP contribution in [0.15, 0.2) is 59.4 Å². The Kier molecular flexibility index (Phi) is 18.2. The van der Waals surface area contributed by atoms with Gasteiger partial charge in [-0.2, -0.15) is 5.26 Å². The number of likely N-dealkylation sites (tertiary alicyclic amines) is 1. The molecule has 7 unspecified atom stereocenters. The molecule has 2 saturated heterocycles. The third kappa shape index (κ3) is 12.9. The molecule has 0 amide bonds. The third-order valence-corrected chi connectivity index (χ3v) is 14.0. The van der Waals surface area contributed by atoms with E-state index in [9.17, 15) is 14.9 Å². The number of hydrogen-bond acceptors (Lipinski definition) is 5. The first kappa shape index (κ1) is 45.0. The quantitative estimate of drug-likeness (QED) is 0.0914. The fraction of sp³-hybridized carbons (Fsp3) is 0.740. The molecule has 5 nitrogen and oxygen atoms in total. The monoisotopic (exact) mass is 755 g/mol. The second-order valence-corrected chi connectivity index (χ2v) is 18.7. The number of carbonyl (C=O) groups is 2. The zero-order valence-corrected chi connectivity index (χ0v) is 36.3. The molecule has 4 rings (SSSR count). The van der Waals surface area contributed by atoms with Gasteiger partial charge in [-0.1, -0.05) is 121 Å². The van der Waals surface area contributed by atoms with E-state index in [-0.39, 0.29) is 29.3 Å². The maximum Gasteiger partial charge on any atom is 0.214 e. The van der Waals surface area contributed by atoms with Gasteiger partial charge < -0.3 is 9.64 Å². The van der Waals surface area contributed by atoms with E-state index in [4.69, 9.17) is 4.74 Å². The molecule has 55 heavy (non-hydrogen) atoms. The van der Waals surface area contributed by atoms with Crippen molar-refractivity contribution < 1.29 is 14.3 Å². The van der Waals surface area contributed by atoms with Crippen LogP contribution in [-0.2, 0) is 14.3 Å². The molecule has 2 heterocycles. The molecule has 10 atom stereocenters. The molecule has 3 fully saturated rings. The molecule has 0 bridgehead atoms. The molecule has 306 valence electrons. The zero-order chi connectivity index (χ0) is 40.0. The molecule has 1 saturated carbocycles. The Morgan fingerprint density at radius 1 is 1.04 bits per heavy atom. The van der Waals surface area contributed by atoms with Crippen molar-refractivity contribution in [2.75, 3.05) is 13.2 Å². The summed E-state index contributed by atoms with van der Waals surface area (Å²) in [5, 5.41) is 10.1. The van der Waals surface area contributed by atoms with Crippen LogP contribution in [0.2, 0.25) is 0 Å². The van der Waals surface area contributed by atoms with Crippen molar-refractivity contribution in [2.45, 2.75) is 176 Å². The van der Waals surface area contributed by atoms with Gasteiger partial charge in [0.05, 0.1) is 17.7 Å². The number of rotatable bonds is 20. The van der Waals surface area contributed by atoms with Gasteiger partial charge in [0.1, 0.15) is 5.78 Å². The molecule has 0 N–H and O–H groups in total. The minimum absolute atomic E-state index is 0.0442. The summed E-state index contributed by atoms with van der Waals surface area (Å²) in [5.74, 6) is 3.79. The fourth-order valence-corrected chi connectivity index (χ4v) is 10.4. The number of nitriles is 1. The Morgan fingerprint density at radius 3 is 2.53 bits per heavy atom. The lowest BCUT2D eigenvalue weighted by atomic mass is 9.69. The number of allylic oxidation sites excluding steroid dienone is 8. The lowest BCUT2D eigenvalue weighted by molar-refractivity contribution is -0.155. The van der Waals surface area contributed by atoms with E-state index in [1.807, 2.05) is 6.92 Å². The minimum Gasteiger partial charge on any atom is -0.366 e. The summed E-state index contributed by atoms with van der Waals surface area (Å²) in [6.45, 7) is 19.3. The number of piperidine rings is 1. The van der Waals surface area contributed by atoms with Crippen LogP contribution in [0.3, 0.4) is 0 Å². The van der Waals surface area contributed by atoms with Crippen molar-refractivity contribution in [3.8, 4) is 6.07 Å². The summed E-state index contributed by atoms with van der Waals surface area (Å²) in [5.41, 5.74) is 2.70. The molecule has 4 aliphatic rings. The van der Waals surface area contributed by atoms with Gasteiger partial charge in [0, 0.05) is 31.5 Å². The van der Waals surface area contributed by atoms with Crippen molar-refractivity contribution in [1.82, 2.24) is 4.90 Å². The largest absolute Gasteiger partial charge is 0.366 e. The van der Waals surface area contributed by atoms with Gasteiger partial charge in [-0.15, -0.1) is 0 Å². The van der Waals surface area contributed by atoms with Gasteiger partial charge in [-0.25, -0.2) is 0 Å². The average molecular weight is 755 g/mol. The SMILES string of the molecule is CCC/C(C)=C/C=C/C=C/CCC(C)C(=O)CC(C#N)/C(C)=C/[C@@H](C)CCC[C@@H](C[C@H]1CCCC(C)C1)C1CCN(C2=CC3(OCCCC3C)C2=O)C(C)C1. The molecule has 2 aliphatic carbocycles. The summed E-state index contributed by atoms with van der Waals surface area (Å²) in [7, 11) is 0. The lowest BCUT2D eigenvalue weighted by Gasteiger charge is -2.51. The lowest BCUT2D eigenvalue weighted by Crippen LogP contribution is -2.60. The molecule has 5 heteroatoms. The van der Waals surface area contributed by atoms with E-state index in [2.05, 4.69) is 102 Å². The number of carbonyl (C=O) groups excluding carboxylic acids is 2. The number of ketones is 2. The highest BCUT2D eigenvalue weighted by molar-refractivity contribution is 6.10. The molecular weight excluding hydrogens is 677 g/mol. The summed E-state index contributed by atoms with van der Waals surface area (Å²) in [6, 6.07) is 2.83.